The number of amides is 3. The van der Waals surface area contributed by atoms with E-state index in [4.69, 9.17) is 4.74 Å². The molecule has 1 unspecified atom stereocenters. The lowest BCUT2D eigenvalue weighted by molar-refractivity contribution is -0.137. The van der Waals surface area contributed by atoms with Gasteiger partial charge in [0.05, 0.1) is 29.4 Å². The van der Waals surface area contributed by atoms with E-state index in [0.717, 1.165) is 0 Å². The molecule has 11 nitrogen and oxygen atoms in total. The number of rotatable bonds is 11. The number of carboxylic acids is 1. The second kappa shape index (κ2) is 15.5. The summed E-state index contributed by atoms with van der Waals surface area (Å²) >= 11 is 0. The number of carbonyl (C=O) groups is 4. The fraction of sp³-hybridized carbons (Fsp3) is 0.229. The first-order valence-corrected chi connectivity index (χ1v) is 15.1. The summed E-state index contributed by atoms with van der Waals surface area (Å²) < 4.78 is 19.1. The van der Waals surface area contributed by atoms with Gasteiger partial charge in [-0.05, 0) is 66.6 Å². The summed E-state index contributed by atoms with van der Waals surface area (Å²) in [4.78, 5) is 59.0. The number of anilines is 2. The second-order valence-corrected chi connectivity index (χ2v) is 10.9. The van der Waals surface area contributed by atoms with Crippen molar-refractivity contribution in [1.29, 1.82) is 0 Å². The Hall–Kier alpha value is -5.78. The molecule has 4 aromatic rings. The summed E-state index contributed by atoms with van der Waals surface area (Å²) in [5.74, 6) is -2.25. The maximum absolute atomic E-state index is 13.5. The van der Waals surface area contributed by atoms with E-state index in [0.29, 0.717) is 60.9 Å². The van der Waals surface area contributed by atoms with Crippen LogP contribution >= 0.6 is 0 Å². The largest absolute Gasteiger partial charge is 0.484 e. The molecule has 1 saturated heterocycles. The fourth-order valence-electron chi connectivity index (χ4n) is 5.30. The highest BCUT2D eigenvalue weighted by atomic mass is 19.1. The molecule has 3 amide bonds. The standard InChI is InChI=1S/C35H34FN5O6/c36-27-12-9-24(10-13-27)29(21-33(43)44)39-34(45)25-11-14-31(30(20-25)38-32(42)23-47-28-7-2-1-3-8-28)40-16-5-17-41(19-18-40)35(46)26-6-4-15-37-22-26/h1-4,6-15,20,22,29H,5,16-19,21,23H2,(H,38,42)(H,39,45)(H,43,44). The van der Waals surface area contributed by atoms with Crippen LogP contribution in [0.25, 0.3) is 0 Å². The summed E-state index contributed by atoms with van der Waals surface area (Å²) in [5, 5.41) is 15.1. The van der Waals surface area contributed by atoms with Gasteiger partial charge < -0.3 is 30.3 Å². The molecule has 0 bridgehead atoms. The Bertz CT molecular complexity index is 1710. The number of halogens is 1. The van der Waals surface area contributed by atoms with Crippen LogP contribution in [0.4, 0.5) is 15.8 Å². The van der Waals surface area contributed by atoms with Crippen molar-refractivity contribution in [3.8, 4) is 5.75 Å². The molecule has 12 heteroatoms. The molecule has 2 heterocycles. The number of aromatic nitrogens is 1. The van der Waals surface area contributed by atoms with E-state index in [9.17, 15) is 28.7 Å². The molecule has 1 aliphatic rings. The van der Waals surface area contributed by atoms with Crippen molar-refractivity contribution in [3.63, 3.8) is 0 Å². The predicted molar refractivity (Wildman–Crippen MR) is 173 cm³/mol. The van der Waals surface area contributed by atoms with Crippen LogP contribution in [-0.2, 0) is 9.59 Å². The topological polar surface area (TPSA) is 141 Å². The molecule has 0 spiro atoms. The number of benzene rings is 3. The first-order valence-electron chi connectivity index (χ1n) is 15.1. The van der Waals surface area contributed by atoms with Gasteiger partial charge in [-0.2, -0.15) is 0 Å². The van der Waals surface area contributed by atoms with Crippen molar-refractivity contribution < 1.29 is 33.4 Å². The van der Waals surface area contributed by atoms with Crippen LogP contribution < -0.4 is 20.3 Å². The number of hydrogen-bond donors (Lipinski definition) is 3. The Morgan fingerprint density at radius 1 is 0.894 bits per heavy atom. The van der Waals surface area contributed by atoms with Crippen LogP contribution in [0.1, 0.15) is 45.2 Å². The van der Waals surface area contributed by atoms with Gasteiger partial charge in [-0.1, -0.05) is 30.3 Å². The van der Waals surface area contributed by atoms with Crippen LogP contribution in [0.2, 0.25) is 0 Å². The average Bonchev–Trinajstić information content (AvgIpc) is 3.34. The first kappa shape index (κ1) is 32.6. The van der Waals surface area contributed by atoms with Crippen molar-refractivity contribution >= 4 is 35.1 Å². The molecular weight excluding hydrogens is 605 g/mol. The van der Waals surface area contributed by atoms with Gasteiger partial charge in [0.25, 0.3) is 17.7 Å². The van der Waals surface area contributed by atoms with E-state index in [-0.39, 0.29) is 18.1 Å². The monoisotopic (exact) mass is 639 g/mol. The number of para-hydroxylation sites is 1. The van der Waals surface area contributed by atoms with E-state index in [1.165, 1.54) is 36.5 Å². The third-order valence-electron chi connectivity index (χ3n) is 7.63. The number of hydrogen-bond acceptors (Lipinski definition) is 7. The van der Waals surface area contributed by atoms with Crippen molar-refractivity contribution in [3.05, 3.63) is 120 Å². The SMILES string of the molecule is O=C(O)CC(NC(=O)c1ccc(N2CCCN(C(=O)c3cccnc3)CC2)c(NC(=O)COc2ccccc2)c1)c1ccc(F)cc1. The molecule has 1 fully saturated rings. The quantitative estimate of drug-likeness (QED) is 0.217. The number of ether oxygens (including phenoxy) is 1. The minimum absolute atomic E-state index is 0.115. The molecular formula is C35H34FN5O6. The lowest BCUT2D eigenvalue weighted by atomic mass is 10.0. The molecule has 47 heavy (non-hydrogen) atoms. The number of nitrogens with zero attached hydrogens (tertiary/aromatic N) is 3. The van der Waals surface area contributed by atoms with Crippen LogP contribution in [0, 0.1) is 5.82 Å². The molecule has 1 aliphatic heterocycles. The highest BCUT2D eigenvalue weighted by Crippen LogP contribution is 2.29. The Morgan fingerprint density at radius 3 is 2.40 bits per heavy atom. The lowest BCUT2D eigenvalue weighted by Crippen LogP contribution is -2.35. The van der Waals surface area contributed by atoms with Gasteiger partial charge >= 0.3 is 5.97 Å². The second-order valence-electron chi connectivity index (χ2n) is 10.9. The van der Waals surface area contributed by atoms with Gasteiger partial charge in [0.2, 0.25) is 0 Å². The minimum Gasteiger partial charge on any atom is -0.484 e. The number of carboxylic acid groups (broad SMARTS) is 1. The number of pyridine rings is 1. The van der Waals surface area contributed by atoms with E-state index >= 15 is 0 Å². The van der Waals surface area contributed by atoms with Gasteiger partial charge in [0.1, 0.15) is 11.6 Å². The zero-order chi connectivity index (χ0) is 33.2. The third-order valence-corrected chi connectivity index (χ3v) is 7.63. The molecule has 5 rings (SSSR count). The van der Waals surface area contributed by atoms with E-state index in [2.05, 4.69) is 15.6 Å². The van der Waals surface area contributed by atoms with Crippen molar-refractivity contribution in [2.24, 2.45) is 0 Å². The van der Waals surface area contributed by atoms with E-state index in [1.54, 1.807) is 59.6 Å². The maximum atomic E-state index is 13.5. The molecule has 0 saturated carbocycles. The molecule has 242 valence electrons. The van der Waals surface area contributed by atoms with Crippen LogP contribution in [-0.4, -0.2) is 71.5 Å². The zero-order valence-electron chi connectivity index (χ0n) is 25.5. The third kappa shape index (κ3) is 8.91. The number of nitrogens with one attached hydrogen (secondary N) is 2. The highest BCUT2D eigenvalue weighted by Gasteiger charge is 2.24. The van der Waals surface area contributed by atoms with Crippen LogP contribution in [0.3, 0.4) is 0 Å². The van der Waals surface area contributed by atoms with E-state index < -0.39 is 36.1 Å². The molecule has 1 aromatic heterocycles. The predicted octanol–water partition coefficient (Wildman–Crippen LogP) is 4.54. The van der Waals surface area contributed by atoms with Crippen LogP contribution in [0.5, 0.6) is 5.75 Å². The smallest absolute Gasteiger partial charge is 0.305 e. The molecule has 0 radical (unpaired) electrons. The normalized spacial score (nSPS) is 13.6. The molecule has 0 aliphatic carbocycles. The Labute approximate surface area is 271 Å². The first-order chi connectivity index (χ1) is 22.8. The molecule has 1 atom stereocenters. The highest BCUT2D eigenvalue weighted by molar-refractivity contribution is 6.00. The van der Waals surface area contributed by atoms with Gasteiger partial charge in [0.15, 0.2) is 6.61 Å². The van der Waals surface area contributed by atoms with Crippen molar-refractivity contribution in [1.82, 2.24) is 15.2 Å². The Kier molecular flexibility index (Phi) is 10.7. The van der Waals surface area contributed by atoms with Crippen LogP contribution in [0.15, 0.2) is 97.3 Å². The maximum Gasteiger partial charge on any atom is 0.305 e. The fourth-order valence-corrected chi connectivity index (χ4v) is 5.30. The number of carbonyl (C=O) groups excluding carboxylic acids is 3. The summed E-state index contributed by atoms with van der Waals surface area (Å²) in [7, 11) is 0. The average molecular weight is 640 g/mol. The Morgan fingerprint density at radius 2 is 1.68 bits per heavy atom. The summed E-state index contributed by atoms with van der Waals surface area (Å²) in [6.07, 6.45) is 3.39. The van der Waals surface area contributed by atoms with Crippen molar-refractivity contribution in [2.75, 3.05) is 43.0 Å². The van der Waals surface area contributed by atoms with Gasteiger partial charge in [-0.25, -0.2) is 4.39 Å². The van der Waals surface area contributed by atoms with Gasteiger partial charge in [0, 0.05) is 44.1 Å². The van der Waals surface area contributed by atoms with Gasteiger partial charge in [-0.3, -0.25) is 24.2 Å². The van der Waals surface area contributed by atoms with Gasteiger partial charge in [-0.15, -0.1) is 0 Å². The minimum atomic E-state index is -1.14. The number of aliphatic carboxylic acids is 1. The van der Waals surface area contributed by atoms with Crippen molar-refractivity contribution in [2.45, 2.75) is 18.9 Å². The summed E-state index contributed by atoms with van der Waals surface area (Å²) in [6, 6.07) is 21.5. The molecule has 3 N–H and O–H groups in total. The Balaban J connectivity index is 1.37. The lowest BCUT2D eigenvalue weighted by Gasteiger charge is -2.27. The zero-order valence-corrected chi connectivity index (χ0v) is 25.5. The summed E-state index contributed by atoms with van der Waals surface area (Å²) in [6.45, 7) is 1.72. The van der Waals surface area contributed by atoms with E-state index in [1.807, 2.05) is 11.0 Å². The summed E-state index contributed by atoms with van der Waals surface area (Å²) in [5.41, 5.74) is 2.10. The molecule has 3 aromatic carbocycles.